The molecule has 4 aromatic rings. The molecule has 3 N–H and O–H groups in total. The van der Waals surface area contributed by atoms with Gasteiger partial charge in [0.2, 0.25) is 11.8 Å². The van der Waals surface area contributed by atoms with Crippen molar-refractivity contribution in [1.82, 2.24) is 14.9 Å². The van der Waals surface area contributed by atoms with E-state index in [-0.39, 0.29) is 24.9 Å². The molecule has 50 heavy (non-hydrogen) atoms. The molecular formula is C38H47ClN4O5S2. The number of benzene rings is 3. The lowest BCUT2D eigenvalue weighted by atomic mass is 10.00. The van der Waals surface area contributed by atoms with Crippen LogP contribution in [0.5, 0.6) is 0 Å². The predicted molar refractivity (Wildman–Crippen MR) is 205 cm³/mol. The Balaban J connectivity index is 1.31. The molecule has 0 saturated heterocycles. The third-order valence-electron chi connectivity index (χ3n) is 8.65. The van der Waals surface area contributed by atoms with Crippen LogP contribution in [0.15, 0.2) is 78.9 Å². The van der Waals surface area contributed by atoms with Gasteiger partial charge in [0.25, 0.3) is 11.3 Å². The van der Waals surface area contributed by atoms with Gasteiger partial charge in [-0.1, -0.05) is 111 Å². The van der Waals surface area contributed by atoms with Gasteiger partial charge in [0, 0.05) is 37.2 Å². The molecule has 0 aliphatic rings. The third-order valence-corrected chi connectivity index (χ3v) is 10.1. The molecule has 3 aromatic carbocycles. The number of unbranched alkanes of at least 4 members (excludes halogenated alkanes) is 4. The number of hydrogen-bond acceptors (Lipinski definition) is 6. The van der Waals surface area contributed by atoms with Gasteiger partial charge < -0.3 is 15.0 Å². The quantitative estimate of drug-likeness (QED) is 0.0425. The number of carbonyl (C=O) groups excluding carboxylic acids is 2. The average molecular weight is 739 g/mol. The van der Waals surface area contributed by atoms with Crippen LogP contribution >= 0.6 is 24.2 Å². The number of halogens is 1. The van der Waals surface area contributed by atoms with Gasteiger partial charge in [0.05, 0.1) is 23.9 Å². The van der Waals surface area contributed by atoms with Crippen molar-refractivity contribution >= 4 is 53.0 Å². The van der Waals surface area contributed by atoms with E-state index in [4.69, 9.17) is 11.6 Å². The van der Waals surface area contributed by atoms with Gasteiger partial charge in [-0.3, -0.25) is 14.1 Å². The number of nitrogens with zero attached hydrogens (tertiary/aromatic N) is 3. The molecule has 9 nitrogen and oxygen atoms in total. The minimum Gasteiger partial charge on any atom is -0.390 e. The van der Waals surface area contributed by atoms with Crippen LogP contribution in [-0.2, 0) is 46.8 Å². The second-order valence-corrected chi connectivity index (χ2v) is 13.8. The first kappa shape index (κ1) is 39.3. The first-order valence-electron chi connectivity index (χ1n) is 17.2. The number of aryl methyl sites for hydroxylation is 1. The maximum atomic E-state index is 13.3. The van der Waals surface area contributed by atoms with E-state index in [0.717, 1.165) is 65.3 Å². The van der Waals surface area contributed by atoms with Crippen LogP contribution in [0.2, 0.25) is 5.15 Å². The van der Waals surface area contributed by atoms with E-state index in [1.165, 1.54) is 0 Å². The van der Waals surface area contributed by atoms with Gasteiger partial charge in [0.15, 0.2) is 5.15 Å². The number of imidazole rings is 1. The summed E-state index contributed by atoms with van der Waals surface area (Å²) in [6.07, 6.45) is 6.38. The molecule has 0 bridgehead atoms. The fraction of sp³-hybridized carbons (Fsp3) is 0.395. The Labute approximate surface area is 308 Å². The van der Waals surface area contributed by atoms with Crippen molar-refractivity contribution in [2.24, 2.45) is 5.92 Å². The number of aliphatic hydroxyl groups excluding tert-OH is 1. The van der Waals surface area contributed by atoms with E-state index >= 15 is 0 Å². The Morgan fingerprint density at radius 1 is 0.960 bits per heavy atom. The topological polar surface area (TPSA) is 125 Å². The highest BCUT2D eigenvalue weighted by Gasteiger charge is 2.24. The summed E-state index contributed by atoms with van der Waals surface area (Å²) in [4.78, 5) is 30.4. The van der Waals surface area contributed by atoms with Crippen LogP contribution in [0.3, 0.4) is 0 Å². The molecule has 2 unspecified atom stereocenters. The molecule has 2 amide bonds. The molecule has 0 spiro atoms. The van der Waals surface area contributed by atoms with Gasteiger partial charge in [0.1, 0.15) is 5.82 Å². The van der Waals surface area contributed by atoms with E-state index in [9.17, 15) is 23.5 Å². The number of thiol groups is 1. The van der Waals surface area contributed by atoms with Crippen LogP contribution in [-0.4, -0.2) is 47.5 Å². The summed E-state index contributed by atoms with van der Waals surface area (Å²) in [5, 5.41) is 13.2. The predicted octanol–water partition coefficient (Wildman–Crippen LogP) is 7.41. The number of hydrogen-bond donors (Lipinski definition) is 4. The van der Waals surface area contributed by atoms with Gasteiger partial charge in [-0.15, -0.1) is 0 Å². The lowest BCUT2D eigenvalue weighted by molar-refractivity contribution is -0.124. The molecule has 0 aliphatic carbocycles. The third kappa shape index (κ3) is 11.0. The molecule has 0 radical (unpaired) electrons. The summed E-state index contributed by atoms with van der Waals surface area (Å²) in [6.45, 7) is 2.93. The second-order valence-electron chi connectivity index (χ2n) is 12.3. The number of nitrogens with one attached hydrogen (secondary N) is 1. The highest BCUT2D eigenvalue weighted by atomic mass is 35.5. The van der Waals surface area contributed by atoms with Crippen LogP contribution in [0.4, 0.5) is 5.69 Å². The SMILES string of the molecule is CCCCc1nc(Cl)c(CO)n1Cc1ccc(-c2ccccc2N(C(=O)CCCCCCNC(=O)C(CS)Cc2ccccc2)S(=O)O)cc1. The molecule has 268 valence electrons. The Kier molecular flexibility index (Phi) is 16.0. The summed E-state index contributed by atoms with van der Waals surface area (Å²) in [5.41, 5.74) is 4.45. The van der Waals surface area contributed by atoms with Crippen LogP contribution in [0.25, 0.3) is 11.1 Å². The molecule has 12 heteroatoms. The summed E-state index contributed by atoms with van der Waals surface area (Å²) in [7, 11) is 0. The zero-order chi connectivity index (χ0) is 35.9. The van der Waals surface area contributed by atoms with Crippen molar-refractivity contribution in [3.63, 3.8) is 0 Å². The van der Waals surface area contributed by atoms with Gasteiger partial charge in [-0.25, -0.2) is 13.5 Å². The summed E-state index contributed by atoms with van der Waals surface area (Å²) in [6, 6.07) is 24.7. The minimum atomic E-state index is -2.56. The maximum Gasteiger partial charge on any atom is 0.268 e. The summed E-state index contributed by atoms with van der Waals surface area (Å²) in [5.74, 6) is 0.653. The van der Waals surface area contributed by atoms with Gasteiger partial charge >= 0.3 is 0 Å². The zero-order valence-corrected chi connectivity index (χ0v) is 30.9. The maximum absolute atomic E-state index is 13.3. The Morgan fingerprint density at radius 2 is 1.66 bits per heavy atom. The normalized spacial score (nSPS) is 12.4. The van der Waals surface area contributed by atoms with Crippen LogP contribution < -0.4 is 9.62 Å². The minimum absolute atomic E-state index is 0.0103. The van der Waals surface area contributed by atoms with Gasteiger partial charge in [-0.05, 0) is 48.4 Å². The van der Waals surface area contributed by atoms with E-state index in [1.807, 2.05) is 71.3 Å². The molecule has 1 heterocycles. The number of amides is 2. The van der Waals surface area contributed by atoms with Crippen LogP contribution in [0, 0.1) is 5.92 Å². The fourth-order valence-electron chi connectivity index (χ4n) is 5.89. The highest BCUT2D eigenvalue weighted by Crippen LogP contribution is 2.33. The fourth-order valence-corrected chi connectivity index (χ4v) is 7.04. The average Bonchev–Trinajstić information content (AvgIpc) is 3.42. The van der Waals surface area contributed by atoms with Crippen molar-refractivity contribution in [3.8, 4) is 11.1 Å². The smallest absolute Gasteiger partial charge is 0.268 e. The number of rotatable bonds is 20. The lowest BCUT2D eigenvalue weighted by Gasteiger charge is -2.21. The molecule has 0 fully saturated rings. The monoisotopic (exact) mass is 738 g/mol. The van der Waals surface area contributed by atoms with E-state index in [0.29, 0.717) is 53.8 Å². The number of anilines is 1. The van der Waals surface area contributed by atoms with Crippen molar-refractivity contribution in [1.29, 1.82) is 0 Å². The molecular weight excluding hydrogens is 692 g/mol. The van der Waals surface area contributed by atoms with E-state index < -0.39 is 17.2 Å². The number of para-hydroxylation sites is 1. The van der Waals surface area contributed by atoms with Crippen molar-refractivity contribution < 1.29 is 23.5 Å². The number of aromatic nitrogens is 2. The highest BCUT2D eigenvalue weighted by molar-refractivity contribution is 7.81. The van der Waals surface area contributed by atoms with Crippen molar-refractivity contribution in [2.75, 3.05) is 16.6 Å². The Morgan fingerprint density at radius 3 is 2.34 bits per heavy atom. The molecule has 4 rings (SSSR count). The molecule has 0 saturated carbocycles. The largest absolute Gasteiger partial charge is 0.390 e. The molecule has 0 aliphatic heterocycles. The second kappa shape index (κ2) is 20.4. The lowest BCUT2D eigenvalue weighted by Crippen LogP contribution is -2.33. The number of aliphatic hydroxyl groups is 1. The number of carbonyl (C=O) groups is 2. The first-order chi connectivity index (χ1) is 24.3. The van der Waals surface area contributed by atoms with Crippen LogP contribution in [0.1, 0.15) is 74.5 Å². The Bertz CT molecular complexity index is 1700. The van der Waals surface area contributed by atoms with Crippen molar-refractivity contribution in [3.05, 3.63) is 107 Å². The summed E-state index contributed by atoms with van der Waals surface area (Å²) < 4.78 is 25.7. The summed E-state index contributed by atoms with van der Waals surface area (Å²) >= 11 is 8.13. The van der Waals surface area contributed by atoms with Crippen molar-refractivity contribution in [2.45, 2.75) is 77.9 Å². The molecule has 1 aromatic heterocycles. The van der Waals surface area contributed by atoms with E-state index in [1.54, 1.807) is 12.1 Å². The molecule has 2 atom stereocenters. The first-order valence-corrected chi connectivity index (χ1v) is 19.2. The van der Waals surface area contributed by atoms with E-state index in [2.05, 4.69) is 29.9 Å². The standard InChI is InChI=1S/C38H47ClN4O5S2/c1-2-3-17-35-41-37(39)34(26-44)42(35)25-29-19-21-30(22-20-29)32-15-10-11-16-33(32)43(50(47)48)36(45)18-9-4-5-12-23-40-38(46)31(27-49)24-28-13-7-6-8-14-28/h6-8,10-11,13-16,19-22,31,44,49H,2-5,9,12,17-18,23-27H2,1H3,(H,40,46)(H,47,48). The van der Waals surface area contributed by atoms with Gasteiger partial charge in [-0.2, -0.15) is 12.6 Å². The zero-order valence-electron chi connectivity index (χ0n) is 28.5. The Hall–Kier alpha value is -3.48.